The van der Waals surface area contributed by atoms with Crippen molar-refractivity contribution in [2.24, 2.45) is 0 Å². The predicted octanol–water partition coefficient (Wildman–Crippen LogP) is 4.25. The molecule has 5 rings (SSSR count). The summed E-state index contributed by atoms with van der Waals surface area (Å²) in [6.07, 6.45) is 0. The number of piperazine rings is 1. The number of carbonyl (C=O) groups is 2. The molecule has 0 spiro atoms. The third-order valence-corrected chi connectivity index (χ3v) is 6.88. The molecule has 0 atom stereocenters. The fourth-order valence-corrected chi connectivity index (χ4v) is 4.80. The topological polar surface area (TPSA) is 65.1 Å². The van der Waals surface area contributed by atoms with Gasteiger partial charge >= 0.3 is 0 Å². The van der Waals surface area contributed by atoms with Gasteiger partial charge < -0.3 is 24.8 Å². The second-order valence-corrected chi connectivity index (χ2v) is 8.85. The Kier molecular flexibility index (Phi) is 6.42. The zero-order chi connectivity index (χ0) is 24.4. The van der Waals surface area contributed by atoms with Gasteiger partial charge in [0.1, 0.15) is 5.75 Å². The normalized spacial score (nSPS) is 15.8. The lowest BCUT2D eigenvalue weighted by molar-refractivity contribution is 0.0976. The lowest BCUT2D eigenvalue weighted by Crippen LogP contribution is -2.46. The third kappa shape index (κ3) is 4.59. The monoisotopic (exact) mass is 470 g/mol. The van der Waals surface area contributed by atoms with Crippen LogP contribution in [0.1, 0.15) is 33.2 Å². The first-order valence-corrected chi connectivity index (χ1v) is 12.0. The number of likely N-dealkylation sites (N-methyl/N-ethyl adjacent to an activating group) is 1. The van der Waals surface area contributed by atoms with Gasteiger partial charge in [0.2, 0.25) is 0 Å². The fourth-order valence-electron chi connectivity index (χ4n) is 4.80. The number of carbonyl (C=O) groups excluding carboxylic acids is 2. The van der Waals surface area contributed by atoms with E-state index < -0.39 is 0 Å². The Balaban J connectivity index is 1.29. The minimum atomic E-state index is -0.281. The largest absolute Gasteiger partial charge is 0.497 e. The summed E-state index contributed by atoms with van der Waals surface area (Å²) in [7, 11) is 1.61. The average Bonchev–Trinajstić information content (AvgIpc) is 3.25. The van der Waals surface area contributed by atoms with Crippen LogP contribution >= 0.6 is 0 Å². The summed E-state index contributed by atoms with van der Waals surface area (Å²) < 4.78 is 5.22. The van der Waals surface area contributed by atoms with Crippen LogP contribution in [0.2, 0.25) is 0 Å². The number of rotatable bonds is 6. The van der Waals surface area contributed by atoms with Gasteiger partial charge in [0.25, 0.3) is 11.8 Å². The van der Waals surface area contributed by atoms with E-state index in [0.29, 0.717) is 23.4 Å². The number of hydrogen-bond acceptors (Lipinski definition) is 5. The zero-order valence-corrected chi connectivity index (χ0v) is 20.2. The van der Waals surface area contributed by atoms with Gasteiger partial charge in [-0.2, -0.15) is 0 Å². The van der Waals surface area contributed by atoms with Gasteiger partial charge in [-0.1, -0.05) is 19.1 Å². The van der Waals surface area contributed by atoms with Gasteiger partial charge in [-0.3, -0.25) is 9.59 Å². The number of methoxy groups -OCH3 is 1. The molecular formula is C28H30N4O3. The quantitative estimate of drug-likeness (QED) is 0.584. The summed E-state index contributed by atoms with van der Waals surface area (Å²) in [6, 6.07) is 20.7. The maximum Gasteiger partial charge on any atom is 0.259 e. The molecule has 2 heterocycles. The minimum Gasteiger partial charge on any atom is -0.497 e. The molecule has 0 saturated carbocycles. The average molecular weight is 471 g/mol. The minimum absolute atomic E-state index is 0.169. The first kappa shape index (κ1) is 22.9. The highest BCUT2D eigenvalue weighted by atomic mass is 16.5. The summed E-state index contributed by atoms with van der Waals surface area (Å²) in [5.74, 6) is 0.279. The molecule has 2 aliphatic rings. The lowest BCUT2D eigenvalue weighted by atomic mass is 10.0. The Morgan fingerprint density at radius 2 is 1.60 bits per heavy atom. The highest BCUT2D eigenvalue weighted by Gasteiger charge is 2.32. The standard InChI is InChI=1S/C28H30N4O3/c1-3-30-15-17-31(18-16-30)22-9-7-21(8-10-22)29-27(33)25-6-4-5-20-19-32(28(34)26(20)25)23-11-13-24(35-2)14-12-23/h4-14H,3,15-19H2,1-2H3,(H,29,33). The molecule has 3 aromatic rings. The molecule has 0 aromatic heterocycles. The molecule has 1 N–H and O–H groups in total. The molecule has 1 fully saturated rings. The predicted molar refractivity (Wildman–Crippen MR) is 139 cm³/mol. The summed E-state index contributed by atoms with van der Waals surface area (Å²) in [5, 5.41) is 2.97. The van der Waals surface area contributed by atoms with E-state index in [2.05, 4.69) is 22.0 Å². The molecule has 7 heteroatoms. The number of ether oxygens (including phenoxy) is 1. The van der Waals surface area contributed by atoms with Gasteiger partial charge in [-0.15, -0.1) is 0 Å². The fraction of sp³-hybridized carbons (Fsp3) is 0.286. The Labute approximate surface area is 205 Å². The van der Waals surface area contributed by atoms with E-state index >= 15 is 0 Å². The number of nitrogens with one attached hydrogen (secondary N) is 1. The smallest absolute Gasteiger partial charge is 0.259 e. The van der Waals surface area contributed by atoms with E-state index in [1.54, 1.807) is 18.1 Å². The van der Waals surface area contributed by atoms with Crippen LogP contribution in [-0.4, -0.2) is 56.5 Å². The number of fused-ring (bicyclic) bond motifs is 1. The Morgan fingerprint density at radius 1 is 0.914 bits per heavy atom. The van der Waals surface area contributed by atoms with Crippen LogP contribution in [0, 0.1) is 0 Å². The highest BCUT2D eigenvalue weighted by molar-refractivity contribution is 6.18. The summed E-state index contributed by atoms with van der Waals surface area (Å²) in [5.41, 5.74) is 4.34. The molecule has 0 unspecified atom stereocenters. The molecule has 3 aromatic carbocycles. The summed E-state index contributed by atoms with van der Waals surface area (Å²) >= 11 is 0. The van der Waals surface area contributed by atoms with Crippen molar-refractivity contribution in [3.8, 4) is 5.75 Å². The van der Waals surface area contributed by atoms with Gasteiger partial charge in [0.15, 0.2) is 0 Å². The number of benzene rings is 3. The van der Waals surface area contributed by atoms with Crippen molar-refractivity contribution in [2.75, 3.05) is 55.0 Å². The van der Waals surface area contributed by atoms with Crippen molar-refractivity contribution >= 4 is 28.9 Å². The van der Waals surface area contributed by atoms with E-state index in [0.717, 1.165) is 55.4 Å². The summed E-state index contributed by atoms with van der Waals surface area (Å²) in [4.78, 5) is 33.0. The molecule has 2 aliphatic heterocycles. The van der Waals surface area contributed by atoms with Crippen LogP contribution in [0.15, 0.2) is 66.7 Å². The second kappa shape index (κ2) is 9.80. The Bertz CT molecular complexity index is 1220. The lowest BCUT2D eigenvalue weighted by Gasteiger charge is -2.35. The van der Waals surface area contributed by atoms with E-state index in [-0.39, 0.29) is 11.8 Å². The van der Waals surface area contributed by atoms with Crippen LogP contribution in [0.4, 0.5) is 17.1 Å². The van der Waals surface area contributed by atoms with E-state index in [9.17, 15) is 9.59 Å². The van der Waals surface area contributed by atoms with Crippen LogP contribution < -0.4 is 19.9 Å². The van der Waals surface area contributed by atoms with Crippen LogP contribution in [0.25, 0.3) is 0 Å². The van der Waals surface area contributed by atoms with Crippen molar-refractivity contribution in [1.82, 2.24) is 4.90 Å². The Hall–Kier alpha value is -3.84. The molecule has 35 heavy (non-hydrogen) atoms. The molecule has 0 radical (unpaired) electrons. The highest BCUT2D eigenvalue weighted by Crippen LogP contribution is 2.32. The molecule has 1 saturated heterocycles. The van der Waals surface area contributed by atoms with Crippen LogP contribution in [0.5, 0.6) is 5.75 Å². The molecule has 180 valence electrons. The van der Waals surface area contributed by atoms with Gasteiger partial charge in [0.05, 0.1) is 24.8 Å². The van der Waals surface area contributed by atoms with Gasteiger partial charge in [0, 0.05) is 43.2 Å². The third-order valence-electron chi connectivity index (χ3n) is 6.88. The Morgan fingerprint density at radius 3 is 2.26 bits per heavy atom. The zero-order valence-electron chi connectivity index (χ0n) is 20.2. The van der Waals surface area contributed by atoms with Crippen LogP contribution in [0.3, 0.4) is 0 Å². The van der Waals surface area contributed by atoms with E-state index in [4.69, 9.17) is 4.74 Å². The van der Waals surface area contributed by atoms with Gasteiger partial charge in [-0.05, 0) is 66.7 Å². The van der Waals surface area contributed by atoms with Crippen LogP contribution in [-0.2, 0) is 6.54 Å². The van der Waals surface area contributed by atoms with Crippen molar-refractivity contribution in [3.63, 3.8) is 0 Å². The van der Waals surface area contributed by atoms with Crippen molar-refractivity contribution < 1.29 is 14.3 Å². The molecule has 7 nitrogen and oxygen atoms in total. The van der Waals surface area contributed by atoms with Gasteiger partial charge in [-0.25, -0.2) is 0 Å². The number of hydrogen-bond donors (Lipinski definition) is 1. The first-order valence-electron chi connectivity index (χ1n) is 12.0. The molecule has 0 bridgehead atoms. The van der Waals surface area contributed by atoms with Crippen molar-refractivity contribution in [1.29, 1.82) is 0 Å². The molecule has 2 amide bonds. The maximum atomic E-state index is 13.3. The van der Waals surface area contributed by atoms with E-state index in [1.807, 2.05) is 60.7 Å². The van der Waals surface area contributed by atoms with Crippen molar-refractivity contribution in [2.45, 2.75) is 13.5 Å². The molecule has 0 aliphatic carbocycles. The second-order valence-electron chi connectivity index (χ2n) is 8.85. The molecular weight excluding hydrogens is 440 g/mol. The van der Waals surface area contributed by atoms with E-state index in [1.165, 1.54) is 0 Å². The SMILES string of the molecule is CCN1CCN(c2ccc(NC(=O)c3cccc4c3C(=O)N(c3ccc(OC)cc3)C4)cc2)CC1. The maximum absolute atomic E-state index is 13.3. The number of amides is 2. The van der Waals surface area contributed by atoms with Crippen molar-refractivity contribution in [3.05, 3.63) is 83.4 Å². The summed E-state index contributed by atoms with van der Waals surface area (Å²) in [6.45, 7) is 7.85. The number of nitrogens with zero attached hydrogens (tertiary/aromatic N) is 3. The first-order chi connectivity index (χ1) is 17.1. The number of anilines is 3.